The molecular formula is C20H21F3N4O3. The van der Waals surface area contributed by atoms with E-state index in [9.17, 15) is 27.9 Å². The normalized spacial score (nSPS) is 11.1. The fourth-order valence-corrected chi connectivity index (χ4v) is 2.66. The first-order valence-electron chi connectivity index (χ1n) is 8.94. The molecule has 0 spiro atoms. The van der Waals surface area contributed by atoms with Gasteiger partial charge in [-0.25, -0.2) is 0 Å². The molecule has 30 heavy (non-hydrogen) atoms. The van der Waals surface area contributed by atoms with Gasteiger partial charge in [0.15, 0.2) is 0 Å². The maximum Gasteiger partial charge on any atom is 0.416 e. The number of alkyl halides is 3. The number of amides is 2. The van der Waals surface area contributed by atoms with Crippen LogP contribution in [0.5, 0.6) is 0 Å². The van der Waals surface area contributed by atoms with Crippen molar-refractivity contribution in [3.8, 4) is 0 Å². The molecule has 0 fully saturated rings. The van der Waals surface area contributed by atoms with Gasteiger partial charge in [0.2, 0.25) is 11.8 Å². The van der Waals surface area contributed by atoms with E-state index in [4.69, 9.17) is 11.1 Å². The van der Waals surface area contributed by atoms with Crippen LogP contribution in [-0.4, -0.2) is 35.9 Å². The number of aliphatic hydroxyl groups is 1. The smallest absolute Gasteiger partial charge is 0.395 e. The summed E-state index contributed by atoms with van der Waals surface area (Å²) in [6, 6.07) is 10.4. The van der Waals surface area contributed by atoms with Crippen LogP contribution >= 0.6 is 0 Å². The van der Waals surface area contributed by atoms with Crippen molar-refractivity contribution in [1.29, 1.82) is 5.41 Å². The van der Waals surface area contributed by atoms with E-state index in [0.29, 0.717) is 11.3 Å². The van der Waals surface area contributed by atoms with Gasteiger partial charge in [-0.05, 0) is 42.5 Å². The van der Waals surface area contributed by atoms with E-state index < -0.39 is 30.2 Å². The summed E-state index contributed by atoms with van der Waals surface area (Å²) < 4.78 is 38.8. The summed E-state index contributed by atoms with van der Waals surface area (Å²) in [4.78, 5) is 25.6. The molecule has 0 aliphatic carbocycles. The zero-order chi connectivity index (χ0) is 22.3. The Morgan fingerprint density at radius 2 is 1.77 bits per heavy atom. The van der Waals surface area contributed by atoms with Crippen LogP contribution < -0.4 is 16.0 Å². The van der Waals surface area contributed by atoms with Crippen molar-refractivity contribution in [2.45, 2.75) is 19.0 Å². The number of benzene rings is 2. The molecule has 2 aromatic carbocycles. The first-order valence-corrected chi connectivity index (χ1v) is 8.94. The van der Waals surface area contributed by atoms with Crippen LogP contribution in [0.3, 0.4) is 0 Å². The van der Waals surface area contributed by atoms with Gasteiger partial charge in [-0.1, -0.05) is 6.07 Å². The van der Waals surface area contributed by atoms with Gasteiger partial charge in [0.1, 0.15) is 5.84 Å². The van der Waals surface area contributed by atoms with Gasteiger partial charge >= 0.3 is 6.18 Å². The van der Waals surface area contributed by atoms with E-state index >= 15 is 0 Å². The van der Waals surface area contributed by atoms with Crippen LogP contribution in [0.1, 0.15) is 24.0 Å². The summed E-state index contributed by atoms with van der Waals surface area (Å²) in [6.07, 6.45) is -5.02. The highest BCUT2D eigenvalue weighted by Crippen LogP contribution is 2.31. The Kier molecular flexibility index (Phi) is 7.54. The molecule has 0 unspecified atom stereocenters. The van der Waals surface area contributed by atoms with Crippen LogP contribution in [-0.2, 0) is 15.8 Å². The quantitative estimate of drug-likeness (QED) is 0.386. The summed E-state index contributed by atoms with van der Waals surface area (Å²) in [5.41, 5.74) is 5.37. The number of nitrogens with two attached hydrogens (primary N) is 1. The van der Waals surface area contributed by atoms with Crippen molar-refractivity contribution >= 4 is 29.0 Å². The second-order valence-electron chi connectivity index (χ2n) is 6.36. The summed E-state index contributed by atoms with van der Waals surface area (Å²) in [6.45, 7) is -0.648. The third-order valence-corrected chi connectivity index (χ3v) is 4.16. The molecule has 0 aromatic heterocycles. The van der Waals surface area contributed by atoms with E-state index in [-0.39, 0.29) is 30.9 Å². The summed E-state index contributed by atoms with van der Waals surface area (Å²) >= 11 is 0. The second-order valence-corrected chi connectivity index (χ2v) is 6.36. The highest BCUT2D eigenvalue weighted by Gasteiger charge is 2.31. The molecule has 0 saturated heterocycles. The molecule has 2 rings (SSSR count). The average molecular weight is 422 g/mol. The van der Waals surface area contributed by atoms with Crippen molar-refractivity contribution in [3.05, 3.63) is 59.7 Å². The monoisotopic (exact) mass is 422 g/mol. The lowest BCUT2D eigenvalue weighted by Gasteiger charge is -2.23. The number of rotatable bonds is 8. The predicted molar refractivity (Wildman–Crippen MR) is 106 cm³/mol. The van der Waals surface area contributed by atoms with E-state index in [0.717, 1.165) is 17.0 Å². The van der Waals surface area contributed by atoms with Crippen molar-refractivity contribution < 1.29 is 27.9 Å². The lowest BCUT2D eigenvalue weighted by atomic mass is 10.1. The maximum atomic E-state index is 12.9. The molecule has 0 atom stereocenters. The molecule has 5 N–H and O–H groups in total. The first kappa shape index (κ1) is 22.9. The fourth-order valence-electron chi connectivity index (χ4n) is 2.66. The minimum absolute atomic E-state index is 0.0101. The van der Waals surface area contributed by atoms with Crippen LogP contribution in [0.15, 0.2) is 48.5 Å². The van der Waals surface area contributed by atoms with Crippen LogP contribution in [0.2, 0.25) is 0 Å². The molecule has 2 amide bonds. The van der Waals surface area contributed by atoms with Gasteiger partial charge < -0.3 is 21.1 Å². The molecule has 0 saturated carbocycles. The van der Waals surface area contributed by atoms with E-state index in [1.54, 1.807) is 24.3 Å². The van der Waals surface area contributed by atoms with Gasteiger partial charge in [0.05, 0.1) is 12.2 Å². The van der Waals surface area contributed by atoms with Gasteiger partial charge in [-0.15, -0.1) is 0 Å². The number of carbonyl (C=O) groups excluding carboxylic acids is 2. The van der Waals surface area contributed by atoms with Gasteiger partial charge in [0, 0.05) is 36.3 Å². The molecule has 2 aromatic rings. The highest BCUT2D eigenvalue weighted by atomic mass is 19.4. The van der Waals surface area contributed by atoms with Crippen molar-refractivity contribution in [2.24, 2.45) is 5.73 Å². The van der Waals surface area contributed by atoms with Gasteiger partial charge in [0.25, 0.3) is 0 Å². The molecule has 0 bridgehead atoms. The minimum Gasteiger partial charge on any atom is -0.395 e. The topological polar surface area (TPSA) is 120 Å². The number of aliphatic hydroxyl groups excluding tert-OH is 1. The fraction of sp³-hybridized carbons (Fsp3) is 0.250. The molecule has 10 heteroatoms. The van der Waals surface area contributed by atoms with E-state index in [1.165, 1.54) is 12.1 Å². The van der Waals surface area contributed by atoms with Crippen molar-refractivity contribution in [2.75, 3.05) is 23.4 Å². The van der Waals surface area contributed by atoms with Crippen molar-refractivity contribution in [1.82, 2.24) is 0 Å². The summed E-state index contributed by atoms with van der Waals surface area (Å²) in [7, 11) is 0. The number of nitrogen functional groups attached to an aromatic ring is 1. The number of nitrogens with one attached hydrogen (secondary N) is 2. The Bertz CT molecular complexity index is 914. The lowest BCUT2D eigenvalue weighted by Crippen LogP contribution is -2.34. The Morgan fingerprint density at radius 1 is 1.10 bits per heavy atom. The average Bonchev–Trinajstić information content (AvgIpc) is 2.70. The van der Waals surface area contributed by atoms with Crippen molar-refractivity contribution in [3.63, 3.8) is 0 Å². The van der Waals surface area contributed by atoms with Crippen LogP contribution in [0.4, 0.5) is 24.5 Å². The van der Waals surface area contributed by atoms with E-state index in [1.807, 2.05) is 0 Å². The molecule has 0 radical (unpaired) electrons. The lowest BCUT2D eigenvalue weighted by molar-refractivity contribution is -0.137. The largest absolute Gasteiger partial charge is 0.416 e. The molecule has 7 nitrogen and oxygen atoms in total. The molecule has 0 heterocycles. The Labute approximate surface area is 170 Å². The minimum atomic E-state index is -4.57. The number of halogens is 3. The molecule has 0 aliphatic rings. The predicted octanol–water partition coefficient (Wildman–Crippen LogP) is 2.73. The Hall–Kier alpha value is -3.40. The number of hydrogen-bond acceptors (Lipinski definition) is 4. The molecular weight excluding hydrogens is 401 g/mol. The first-order chi connectivity index (χ1) is 14.1. The van der Waals surface area contributed by atoms with Crippen LogP contribution in [0.25, 0.3) is 0 Å². The highest BCUT2D eigenvalue weighted by molar-refractivity contribution is 5.99. The number of nitrogens with zero attached hydrogens (tertiary/aromatic N) is 1. The SMILES string of the molecule is N=C(N)c1ccc(NC(=O)CCC(=O)N(CCO)c2cccc(C(F)(F)F)c2)cc1. The Morgan fingerprint density at radius 3 is 2.33 bits per heavy atom. The van der Waals surface area contributed by atoms with E-state index in [2.05, 4.69) is 5.32 Å². The van der Waals surface area contributed by atoms with Crippen LogP contribution in [0, 0.1) is 5.41 Å². The standard InChI is InChI=1S/C20H21F3N4O3/c21-20(22,23)14-2-1-3-16(12-14)27(10-11-28)18(30)9-8-17(29)26-15-6-4-13(5-7-15)19(24)25/h1-7,12,28H,8-11H2,(H3,24,25)(H,26,29). The number of hydrogen-bond donors (Lipinski definition) is 4. The number of amidine groups is 1. The summed E-state index contributed by atoms with van der Waals surface area (Å²) in [5, 5.41) is 19.1. The number of carbonyl (C=O) groups is 2. The zero-order valence-electron chi connectivity index (χ0n) is 15.9. The summed E-state index contributed by atoms with van der Waals surface area (Å²) in [5.74, 6) is -1.17. The Balaban J connectivity index is 2.01. The number of anilines is 2. The van der Waals surface area contributed by atoms with Gasteiger partial charge in [-0.2, -0.15) is 13.2 Å². The zero-order valence-corrected chi connectivity index (χ0v) is 15.9. The third kappa shape index (κ3) is 6.31. The maximum absolute atomic E-state index is 12.9. The molecule has 160 valence electrons. The molecule has 0 aliphatic heterocycles. The third-order valence-electron chi connectivity index (χ3n) is 4.16. The van der Waals surface area contributed by atoms with Gasteiger partial charge in [-0.3, -0.25) is 15.0 Å². The second kappa shape index (κ2) is 9.88.